The highest BCUT2D eigenvalue weighted by molar-refractivity contribution is 6.30. The molecule has 1 unspecified atom stereocenters. The number of alkyl halides is 3. The zero-order valence-electron chi connectivity index (χ0n) is 13.5. The minimum atomic E-state index is -4.61. The summed E-state index contributed by atoms with van der Waals surface area (Å²) in [5, 5.41) is 9.48. The molecule has 1 aromatic carbocycles. The van der Waals surface area contributed by atoms with Crippen LogP contribution in [0.25, 0.3) is 11.1 Å². The Kier molecular flexibility index (Phi) is 4.84. The van der Waals surface area contributed by atoms with Gasteiger partial charge >= 0.3 is 12.1 Å². The zero-order chi connectivity index (χ0) is 19.1. The number of carbonyl (C=O) groups is 1. The number of benzene rings is 1. The van der Waals surface area contributed by atoms with E-state index in [1.807, 2.05) is 0 Å². The molecule has 8 heteroatoms. The smallest absolute Gasteiger partial charge is 0.417 e. The fraction of sp³-hybridized carbons (Fsp3) is 0.333. The molecule has 0 radical (unpaired) electrons. The summed E-state index contributed by atoms with van der Waals surface area (Å²) in [7, 11) is 0. The van der Waals surface area contributed by atoms with Crippen LogP contribution in [0.2, 0.25) is 5.02 Å². The number of aliphatic carboxylic acids is 1. The molecule has 1 heterocycles. The van der Waals surface area contributed by atoms with Gasteiger partial charge in [-0.25, -0.2) is 4.79 Å². The van der Waals surface area contributed by atoms with Crippen molar-refractivity contribution < 1.29 is 23.1 Å². The summed E-state index contributed by atoms with van der Waals surface area (Å²) in [6.45, 7) is 0. The maximum Gasteiger partial charge on any atom is 0.417 e. The highest BCUT2D eigenvalue weighted by Crippen LogP contribution is 2.39. The van der Waals surface area contributed by atoms with Gasteiger partial charge in [0.1, 0.15) is 6.04 Å². The van der Waals surface area contributed by atoms with E-state index < -0.39 is 29.3 Å². The number of hydrogen-bond donors (Lipinski definition) is 1. The van der Waals surface area contributed by atoms with Crippen molar-refractivity contribution >= 4 is 17.6 Å². The number of carboxylic acid groups (broad SMARTS) is 1. The number of halogens is 4. The Morgan fingerprint density at radius 3 is 2.50 bits per heavy atom. The van der Waals surface area contributed by atoms with Gasteiger partial charge in [0.25, 0.3) is 5.56 Å². The second kappa shape index (κ2) is 6.79. The van der Waals surface area contributed by atoms with Crippen molar-refractivity contribution in [2.45, 2.75) is 31.5 Å². The van der Waals surface area contributed by atoms with Gasteiger partial charge in [0.15, 0.2) is 0 Å². The number of pyridine rings is 1. The number of nitrogens with zero attached hydrogens (tertiary/aromatic N) is 1. The van der Waals surface area contributed by atoms with E-state index in [9.17, 15) is 27.9 Å². The fourth-order valence-corrected chi connectivity index (χ4v) is 3.09. The Hall–Kier alpha value is -2.28. The molecule has 2 aromatic rings. The normalized spacial score (nSPS) is 15.7. The lowest BCUT2D eigenvalue weighted by atomic mass is 10.00. The lowest BCUT2D eigenvalue weighted by Gasteiger charge is -2.17. The average Bonchev–Trinajstić information content (AvgIpc) is 3.35. The van der Waals surface area contributed by atoms with Crippen molar-refractivity contribution in [3.8, 4) is 11.1 Å². The van der Waals surface area contributed by atoms with Crippen LogP contribution in [0, 0.1) is 5.92 Å². The Morgan fingerprint density at radius 2 is 1.96 bits per heavy atom. The van der Waals surface area contributed by atoms with Crippen molar-refractivity contribution in [1.82, 2.24) is 4.57 Å². The van der Waals surface area contributed by atoms with E-state index in [1.54, 1.807) is 0 Å². The Balaban J connectivity index is 2.04. The standard InChI is InChI=1S/C18H15ClF3NO3/c19-12-3-4-14(18(20,21)22)13(9-12)11-5-6-23(16(24)8-11)15(17(25)26)7-10-1-2-10/h3-6,8-10,15H,1-2,7H2,(H,25,26). The van der Waals surface area contributed by atoms with E-state index in [0.717, 1.165) is 41.7 Å². The maximum atomic E-state index is 13.2. The summed E-state index contributed by atoms with van der Waals surface area (Å²) in [6.07, 6.45) is -1.19. The molecule has 0 bridgehead atoms. The second-order valence-electron chi connectivity index (χ2n) is 6.38. The van der Waals surface area contributed by atoms with E-state index in [-0.39, 0.29) is 22.1 Å². The molecule has 0 spiro atoms. The van der Waals surface area contributed by atoms with Gasteiger partial charge in [-0.3, -0.25) is 4.79 Å². The average molecular weight is 386 g/mol. The SMILES string of the molecule is O=C(O)C(CC1CC1)n1ccc(-c2cc(Cl)ccc2C(F)(F)F)cc1=O. The third-order valence-electron chi connectivity index (χ3n) is 4.42. The number of carboxylic acids is 1. The minimum absolute atomic E-state index is 0.0386. The number of rotatable bonds is 5. The van der Waals surface area contributed by atoms with Crippen LogP contribution in [-0.4, -0.2) is 15.6 Å². The topological polar surface area (TPSA) is 59.3 Å². The van der Waals surface area contributed by atoms with Crippen LogP contribution >= 0.6 is 11.6 Å². The molecular weight excluding hydrogens is 371 g/mol. The Labute approximate surface area is 151 Å². The van der Waals surface area contributed by atoms with E-state index >= 15 is 0 Å². The predicted octanol–water partition coefficient (Wildman–Crippen LogP) is 4.61. The van der Waals surface area contributed by atoms with Crippen LogP contribution in [-0.2, 0) is 11.0 Å². The number of hydrogen-bond acceptors (Lipinski definition) is 2. The summed E-state index contributed by atoms with van der Waals surface area (Å²) in [6, 6.07) is 4.43. The van der Waals surface area contributed by atoms with Gasteiger partial charge in [-0.1, -0.05) is 24.4 Å². The summed E-state index contributed by atoms with van der Waals surface area (Å²) < 4.78 is 40.7. The highest BCUT2D eigenvalue weighted by atomic mass is 35.5. The monoisotopic (exact) mass is 385 g/mol. The molecule has 1 saturated carbocycles. The summed E-state index contributed by atoms with van der Waals surface area (Å²) in [4.78, 5) is 23.9. The van der Waals surface area contributed by atoms with Crippen LogP contribution in [0.15, 0.2) is 41.3 Å². The largest absolute Gasteiger partial charge is 0.480 e. The van der Waals surface area contributed by atoms with Crippen LogP contribution in [0.4, 0.5) is 13.2 Å². The molecule has 0 amide bonds. The van der Waals surface area contributed by atoms with Gasteiger partial charge < -0.3 is 9.67 Å². The Morgan fingerprint density at radius 1 is 1.27 bits per heavy atom. The van der Waals surface area contributed by atoms with E-state index in [1.165, 1.54) is 12.3 Å². The molecule has 1 aromatic heterocycles. The van der Waals surface area contributed by atoms with E-state index in [2.05, 4.69) is 0 Å². The molecule has 26 heavy (non-hydrogen) atoms. The first-order chi connectivity index (χ1) is 12.2. The minimum Gasteiger partial charge on any atom is -0.480 e. The quantitative estimate of drug-likeness (QED) is 0.817. The van der Waals surface area contributed by atoms with Gasteiger partial charge in [0.05, 0.1) is 5.56 Å². The van der Waals surface area contributed by atoms with Gasteiger partial charge in [-0.05, 0) is 47.7 Å². The lowest BCUT2D eigenvalue weighted by molar-refractivity contribution is -0.141. The van der Waals surface area contributed by atoms with Crippen LogP contribution < -0.4 is 5.56 Å². The first-order valence-electron chi connectivity index (χ1n) is 7.99. The van der Waals surface area contributed by atoms with Gasteiger partial charge in [0, 0.05) is 17.3 Å². The predicted molar refractivity (Wildman–Crippen MR) is 90.2 cm³/mol. The van der Waals surface area contributed by atoms with Gasteiger partial charge in [-0.2, -0.15) is 13.2 Å². The maximum absolute atomic E-state index is 13.2. The molecule has 4 nitrogen and oxygen atoms in total. The number of aromatic nitrogens is 1. The molecule has 0 saturated heterocycles. The van der Waals surface area contributed by atoms with Crippen LogP contribution in [0.5, 0.6) is 0 Å². The first kappa shape index (κ1) is 18.5. The lowest BCUT2D eigenvalue weighted by Crippen LogP contribution is -2.29. The molecule has 1 aliphatic rings. The molecule has 3 rings (SSSR count). The molecule has 138 valence electrons. The first-order valence-corrected chi connectivity index (χ1v) is 8.36. The summed E-state index contributed by atoms with van der Waals surface area (Å²) in [5.41, 5.74) is -1.75. The van der Waals surface area contributed by atoms with Crippen molar-refractivity contribution in [3.63, 3.8) is 0 Å². The molecule has 1 fully saturated rings. The van der Waals surface area contributed by atoms with Gasteiger partial charge in [0.2, 0.25) is 0 Å². The summed E-state index contributed by atoms with van der Waals surface area (Å²) in [5.74, 6) is -0.863. The third-order valence-corrected chi connectivity index (χ3v) is 4.66. The fourth-order valence-electron chi connectivity index (χ4n) is 2.92. The molecule has 1 aliphatic carbocycles. The van der Waals surface area contributed by atoms with Crippen molar-refractivity contribution in [1.29, 1.82) is 0 Å². The molecule has 1 atom stereocenters. The molecular formula is C18H15ClF3NO3. The third kappa shape index (κ3) is 3.93. The van der Waals surface area contributed by atoms with Crippen molar-refractivity contribution in [2.24, 2.45) is 5.92 Å². The van der Waals surface area contributed by atoms with Crippen LogP contribution in [0.3, 0.4) is 0 Å². The summed E-state index contributed by atoms with van der Waals surface area (Å²) >= 11 is 5.82. The van der Waals surface area contributed by atoms with E-state index in [4.69, 9.17) is 11.6 Å². The van der Waals surface area contributed by atoms with Gasteiger partial charge in [-0.15, -0.1) is 0 Å². The van der Waals surface area contributed by atoms with Crippen LogP contribution in [0.1, 0.15) is 30.9 Å². The van der Waals surface area contributed by atoms with Crippen molar-refractivity contribution in [2.75, 3.05) is 0 Å². The molecule has 0 aliphatic heterocycles. The zero-order valence-corrected chi connectivity index (χ0v) is 14.2. The molecule has 1 N–H and O–H groups in total. The van der Waals surface area contributed by atoms with Crippen molar-refractivity contribution in [3.05, 3.63) is 57.5 Å². The second-order valence-corrected chi connectivity index (χ2v) is 6.82. The highest BCUT2D eigenvalue weighted by Gasteiger charge is 2.34. The van der Waals surface area contributed by atoms with E-state index in [0.29, 0.717) is 6.42 Å². The Bertz CT molecular complexity index is 903.